The van der Waals surface area contributed by atoms with Gasteiger partial charge in [0.15, 0.2) is 11.6 Å². The third-order valence-corrected chi connectivity index (χ3v) is 9.84. The number of hydrogen-bond donors (Lipinski definition) is 3. The molecule has 6 aromatic carbocycles. The number of benzene rings is 6. The maximum Gasteiger partial charge on any atom is 0.335 e. The fourth-order valence-corrected chi connectivity index (χ4v) is 6.61. The van der Waals surface area contributed by atoms with Crippen molar-refractivity contribution in [3.63, 3.8) is 0 Å². The second kappa shape index (κ2) is 21.0. The molecule has 7 rings (SSSR count). The Kier molecular flexibility index (Phi) is 15.1. The van der Waals surface area contributed by atoms with Crippen molar-refractivity contribution in [1.29, 1.82) is 0 Å². The molecule has 1 fully saturated rings. The van der Waals surface area contributed by atoms with E-state index in [2.05, 4.69) is 6.58 Å². The Morgan fingerprint density at radius 3 is 1.45 bits per heavy atom. The van der Waals surface area contributed by atoms with Gasteiger partial charge in [0.25, 0.3) is 6.47 Å². The lowest BCUT2D eigenvalue weighted by molar-refractivity contribution is -0.120. The molecule has 1 aliphatic carbocycles. The highest BCUT2D eigenvalue weighted by molar-refractivity contribution is 6.06. The van der Waals surface area contributed by atoms with E-state index in [0.29, 0.717) is 35.3 Å². The van der Waals surface area contributed by atoms with Crippen molar-refractivity contribution in [1.82, 2.24) is 0 Å². The van der Waals surface area contributed by atoms with Gasteiger partial charge in [-0.25, -0.2) is 14.4 Å². The van der Waals surface area contributed by atoms with Crippen LogP contribution >= 0.6 is 0 Å². The van der Waals surface area contributed by atoms with E-state index in [1.54, 1.807) is 84.9 Å². The molecule has 1 saturated carbocycles. The fourth-order valence-electron chi connectivity index (χ4n) is 6.61. The molecule has 6 aromatic rings. The number of allylic oxidation sites excluding steroid dienone is 1. The van der Waals surface area contributed by atoms with Gasteiger partial charge >= 0.3 is 17.9 Å². The molecule has 60 heavy (non-hydrogen) atoms. The summed E-state index contributed by atoms with van der Waals surface area (Å²) in [5.74, 6) is -2.47. The second-order valence-corrected chi connectivity index (χ2v) is 13.5. The molecule has 0 aliphatic heterocycles. The number of carboxylic acids is 3. The molecular formula is C50H40O10. The van der Waals surface area contributed by atoms with Crippen molar-refractivity contribution in [3.05, 3.63) is 220 Å². The molecule has 3 atom stereocenters. The van der Waals surface area contributed by atoms with Crippen LogP contribution in [0.2, 0.25) is 0 Å². The van der Waals surface area contributed by atoms with Gasteiger partial charge in [-0.2, -0.15) is 0 Å². The van der Waals surface area contributed by atoms with Gasteiger partial charge in [0.05, 0.1) is 16.7 Å². The van der Waals surface area contributed by atoms with E-state index < -0.39 is 17.9 Å². The molecule has 0 spiro atoms. The second-order valence-electron chi connectivity index (χ2n) is 13.5. The van der Waals surface area contributed by atoms with Crippen LogP contribution in [0.1, 0.15) is 92.3 Å². The highest BCUT2D eigenvalue weighted by atomic mass is 16.5. The summed E-state index contributed by atoms with van der Waals surface area (Å²) in [7, 11) is 0. The smallest absolute Gasteiger partial charge is 0.335 e. The molecule has 10 heteroatoms. The first-order chi connectivity index (χ1) is 29.0. The van der Waals surface area contributed by atoms with Gasteiger partial charge < -0.3 is 20.1 Å². The number of ether oxygens (including phenoxy) is 1. The fraction of sp³-hybridized carbons (Fsp3) is 0.0800. The number of Topliss-reactive ketones (excluding diaryl/α,β-unsaturated/α-hetero) is 1. The lowest BCUT2D eigenvalue weighted by Gasteiger charge is -2.45. The minimum atomic E-state index is -0.963. The summed E-state index contributed by atoms with van der Waals surface area (Å²) in [4.78, 5) is 67.7. The molecule has 0 amide bonds. The molecule has 300 valence electrons. The zero-order chi connectivity index (χ0) is 43.0. The topological polar surface area (TPSA) is 172 Å². The average molecular weight is 801 g/mol. The van der Waals surface area contributed by atoms with Crippen LogP contribution in [0.5, 0.6) is 5.75 Å². The van der Waals surface area contributed by atoms with E-state index in [-0.39, 0.29) is 40.4 Å². The molecule has 1 unspecified atom stereocenters. The zero-order valence-electron chi connectivity index (χ0n) is 32.2. The molecule has 1 aliphatic rings. The summed E-state index contributed by atoms with van der Waals surface area (Å²) in [6.07, 6.45) is 5.51. The van der Waals surface area contributed by atoms with E-state index in [0.717, 1.165) is 22.3 Å². The van der Waals surface area contributed by atoms with Crippen molar-refractivity contribution >= 4 is 48.1 Å². The predicted octanol–water partition coefficient (Wildman–Crippen LogP) is 10.00. The first kappa shape index (κ1) is 43.1. The number of carbonyl (C=O) groups is 6. The van der Waals surface area contributed by atoms with Crippen molar-refractivity contribution in [2.45, 2.75) is 18.3 Å². The summed E-state index contributed by atoms with van der Waals surface area (Å²) in [5, 5.41) is 26.4. The summed E-state index contributed by atoms with van der Waals surface area (Å²) < 4.78 is 4.88. The van der Waals surface area contributed by atoms with Crippen LogP contribution in [0.4, 0.5) is 0 Å². The highest BCUT2D eigenvalue weighted by Crippen LogP contribution is 2.54. The van der Waals surface area contributed by atoms with E-state index in [1.807, 2.05) is 72.8 Å². The van der Waals surface area contributed by atoms with Gasteiger partial charge in [-0.1, -0.05) is 128 Å². The molecule has 0 radical (unpaired) electrons. The van der Waals surface area contributed by atoms with Crippen molar-refractivity contribution in [3.8, 4) is 5.75 Å². The lowest BCUT2D eigenvalue weighted by Crippen LogP contribution is -2.38. The molecule has 0 heterocycles. The van der Waals surface area contributed by atoms with Crippen LogP contribution in [0.3, 0.4) is 0 Å². The van der Waals surface area contributed by atoms with E-state index >= 15 is 0 Å². The van der Waals surface area contributed by atoms with Gasteiger partial charge in [-0.15, -0.1) is 0 Å². The van der Waals surface area contributed by atoms with E-state index in [9.17, 15) is 28.8 Å². The molecular weight excluding hydrogens is 761 g/mol. The maximum absolute atomic E-state index is 13.2. The molecule has 0 bridgehead atoms. The number of hydrogen-bond acceptors (Lipinski definition) is 7. The van der Waals surface area contributed by atoms with Gasteiger partial charge in [0, 0.05) is 23.0 Å². The Hall–Kier alpha value is -7.98. The van der Waals surface area contributed by atoms with Crippen molar-refractivity contribution in [2.24, 2.45) is 5.92 Å². The first-order valence-corrected chi connectivity index (χ1v) is 18.7. The average Bonchev–Trinajstić information content (AvgIpc) is 3.27. The Morgan fingerprint density at radius 1 is 0.533 bits per heavy atom. The lowest BCUT2D eigenvalue weighted by atomic mass is 9.57. The number of carboxylic acid groups (broad SMARTS) is 3. The number of aromatic carboxylic acids is 3. The number of rotatable bonds is 13. The van der Waals surface area contributed by atoms with Crippen molar-refractivity contribution < 1.29 is 48.8 Å². The maximum atomic E-state index is 13.2. The first-order valence-electron chi connectivity index (χ1n) is 18.7. The van der Waals surface area contributed by atoms with Gasteiger partial charge in [-0.3, -0.25) is 14.4 Å². The summed E-state index contributed by atoms with van der Waals surface area (Å²) in [6.45, 7) is 3.94. The van der Waals surface area contributed by atoms with Crippen LogP contribution in [0.25, 0.3) is 12.2 Å². The van der Waals surface area contributed by atoms with Gasteiger partial charge in [0.2, 0.25) is 0 Å². The summed E-state index contributed by atoms with van der Waals surface area (Å²) in [6, 6.07) is 45.2. The van der Waals surface area contributed by atoms with Gasteiger partial charge in [0.1, 0.15) is 5.75 Å². The number of ketones is 2. The zero-order valence-corrected chi connectivity index (χ0v) is 32.2. The highest BCUT2D eigenvalue weighted by Gasteiger charge is 2.46. The molecule has 3 N–H and O–H groups in total. The third kappa shape index (κ3) is 11.5. The van der Waals surface area contributed by atoms with E-state index in [4.69, 9.17) is 20.1 Å². The third-order valence-electron chi connectivity index (χ3n) is 9.84. The molecule has 0 aromatic heterocycles. The molecule has 0 saturated heterocycles. The largest absolute Gasteiger partial charge is 0.478 e. The quantitative estimate of drug-likeness (QED) is 0.0580. The standard InChI is InChI=1S/C25H20O5.C16H12O3.C9H8O2/c26-15-30-20-12-10-17(11-13-20)23-21(16-6-8-19(9-7-16)25(28)29)14-22(23)24(27)18-4-2-1-3-5-18;17-15(13-4-2-1-3-5-13)11-8-12-6-9-14(10-7-12)16(18)19;1-2-7-3-5-8(6-4-7)9(10)11/h1-13,15,21-23H,14H2,(H,28,29);1-11H,(H,18,19);2-6H,1H2,(H,10,11)/b;11-8+;/t21-,22?,23+;;/m1../s1. The Bertz CT molecular complexity index is 2450. The SMILES string of the molecule is C=Cc1ccc(C(=O)O)cc1.O=C(O)c1ccc(/C=C/C(=O)c2ccccc2)cc1.O=COc1ccc([C@@H]2C(C(=O)c3ccccc3)C[C@@H]2c2ccc(C(=O)O)cc2)cc1. The van der Waals surface area contributed by atoms with Crippen LogP contribution < -0.4 is 4.74 Å². The van der Waals surface area contributed by atoms with Gasteiger partial charge in [-0.05, 0) is 89.2 Å². The monoisotopic (exact) mass is 800 g/mol. The van der Waals surface area contributed by atoms with Crippen molar-refractivity contribution in [2.75, 3.05) is 0 Å². The van der Waals surface area contributed by atoms with Crippen LogP contribution in [-0.4, -0.2) is 51.3 Å². The van der Waals surface area contributed by atoms with Crippen LogP contribution in [0, 0.1) is 5.92 Å². The summed E-state index contributed by atoms with van der Waals surface area (Å²) in [5.41, 5.74) is 5.79. The minimum absolute atomic E-state index is 0.0429. The summed E-state index contributed by atoms with van der Waals surface area (Å²) >= 11 is 0. The Labute approximate surface area is 346 Å². The van der Waals surface area contributed by atoms with Crippen LogP contribution in [0.15, 0.2) is 170 Å². The normalized spacial score (nSPS) is 15.0. The number of carbonyl (C=O) groups excluding carboxylic acids is 3. The molecule has 10 nitrogen and oxygen atoms in total. The predicted molar refractivity (Wildman–Crippen MR) is 228 cm³/mol. The minimum Gasteiger partial charge on any atom is -0.478 e. The Morgan fingerprint density at radius 2 is 0.983 bits per heavy atom. The van der Waals surface area contributed by atoms with Crippen LogP contribution in [-0.2, 0) is 4.79 Å². The van der Waals surface area contributed by atoms with E-state index in [1.165, 1.54) is 18.2 Å². The Balaban J connectivity index is 0.000000193.